The molecular weight excluding hydrogens is 244 g/mol. The van der Waals surface area contributed by atoms with Crippen LogP contribution in [0.4, 0.5) is 0 Å². The van der Waals surface area contributed by atoms with Crippen molar-refractivity contribution < 1.29 is 14.6 Å². The molecule has 0 bridgehead atoms. The van der Waals surface area contributed by atoms with Gasteiger partial charge in [0.15, 0.2) is 5.75 Å². The fourth-order valence-corrected chi connectivity index (χ4v) is 2.86. The molecule has 1 aliphatic rings. The van der Waals surface area contributed by atoms with Gasteiger partial charge in [-0.3, -0.25) is 4.68 Å². The second-order valence-corrected chi connectivity index (χ2v) is 5.35. The van der Waals surface area contributed by atoms with Gasteiger partial charge in [-0.15, -0.1) is 0 Å². The molecule has 5 heteroatoms. The van der Waals surface area contributed by atoms with Crippen LogP contribution in [-0.4, -0.2) is 34.7 Å². The number of aliphatic hydroxyl groups excluding tert-OH is 1. The molecular formula is C14H24N2O3. The van der Waals surface area contributed by atoms with E-state index in [1.54, 1.807) is 13.3 Å². The molecule has 19 heavy (non-hydrogen) atoms. The van der Waals surface area contributed by atoms with E-state index in [2.05, 4.69) is 12.0 Å². The minimum atomic E-state index is -0.590. The SMILES string of the molecule is CCC1OCCC1C(O)c1c(OC)cnn1C(C)C. The third-order valence-corrected chi connectivity index (χ3v) is 3.86. The van der Waals surface area contributed by atoms with Gasteiger partial charge in [0.05, 0.1) is 19.4 Å². The van der Waals surface area contributed by atoms with Crippen molar-refractivity contribution in [2.24, 2.45) is 5.92 Å². The van der Waals surface area contributed by atoms with Crippen LogP contribution in [0.15, 0.2) is 6.20 Å². The average molecular weight is 268 g/mol. The number of ether oxygens (including phenoxy) is 2. The molecule has 2 rings (SSSR count). The lowest BCUT2D eigenvalue weighted by atomic mass is 9.91. The minimum absolute atomic E-state index is 0.119. The van der Waals surface area contributed by atoms with Gasteiger partial charge in [-0.1, -0.05) is 6.92 Å². The van der Waals surface area contributed by atoms with Crippen molar-refractivity contribution in [3.63, 3.8) is 0 Å². The second kappa shape index (κ2) is 5.92. The number of hydrogen-bond acceptors (Lipinski definition) is 4. The number of aromatic nitrogens is 2. The van der Waals surface area contributed by atoms with E-state index in [1.807, 2.05) is 18.5 Å². The minimum Gasteiger partial charge on any atom is -0.493 e. The Morgan fingerprint density at radius 3 is 2.89 bits per heavy atom. The van der Waals surface area contributed by atoms with Crippen LogP contribution in [-0.2, 0) is 4.74 Å². The molecule has 1 N–H and O–H groups in total. The van der Waals surface area contributed by atoms with E-state index in [9.17, 15) is 5.11 Å². The molecule has 5 nitrogen and oxygen atoms in total. The van der Waals surface area contributed by atoms with Crippen molar-refractivity contribution in [2.75, 3.05) is 13.7 Å². The van der Waals surface area contributed by atoms with Crippen LogP contribution in [0.25, 0.3) is 0 Å². The number of nitrogens with zero attached hydrogens (tertiary/aromatic N) is 2. The summed E-state index contributed by atoms with van der Waals surface area (Å²) >= 11 is 0. The smallest absolute Gasteiger partial charge is 0.162 e. The van der Waals surface area contributed by atoms with Crippen molar-refractivity contribution >= 4 is 0 Å². The van der Waals surface area contributed by atoms with Crippen molar-refractivity contribution in [3.8, 4) is 5.75 Å². The molecule has 1 aromatic rings. The molecule has 0 amide bonds. The molecule has 3 unspecified atom stereocenters. The molecule has 108 valence electrons. The highest BCUT2D eigenvalue weighted by atomic mass is 16.5. The Labute approximate surface area is 114 Å². The Morgan fingerprint density at radius 1 is 1.58 bits per heavy atom. The van der Waals surface area contributed by atoms with Gasteiger partial charge in [-0.25, -0.2) is 0 Å². The molecule has 2 heterocycles. The van der Waals surface area contributed by atoms with Crippen molar-refractivity contribution in [1.82, 2.24) is 9.78 Å². The van der Waals surface area contributed by atoms with E-state index in [-0.39, 0.29) is 18.1 Å². The first-order chi connectivity index (χ1) is 9.10. The van der Waals surface area contributed by atoms with Crippen LogP contribution in [0.3, 0.4) is 0 Å². The first-order valence-electron chi connectivity index (χ1n) is 7.01. The highest BCUT2D eigenvalue weighted by Gasteiger charge is 2.37. The Hall–Kier alpha value is -1.07. The fraction of sp³-hybridized carbons (Fsp3) is 0.786. The number of hydrogen-bond donors (Lipinski definition) is 1. The summed E-state index contributed by atoms with van der Waals surface area (Å²) in [4.78, 5) is 0. The zero-order valence-corrected chi connectivity index (χ0v) is 12.2. The number of methoxy groups -OCH3 is 1. The van der Waals surface area contributed by atoms with Gasteiger partial charge in [-0.05, 0) is 26.7 Å². The Morgan fingerprint density at radius 2 is 2.32 bits per heavy atom. The third kappa shape index (κ3) is 2.62. The van der Waals surface area contributed by atoms with Crippen molar-refractivity contribution in [3.05, 3.63) is 11.9 Å². The highest BCUT2D eigenvalue weighted by molar-refractivity contribution is 5.28. The van der Waals surface area contributed by atoms with E-state index in [0.717, 1.165) is 25.1 Å². The zero-order chi connectivity index (χ0) is 14.0. The van der Waals surface area contributed by atoms with Gasteiger partial charge in [-0.2, -0.15) is 5.10 Å². The monoisotopic (exact) mass is 268 g/mol. The molecule has 1 aliphatic heterocycles. The topological polar surface area (TPSA) is 56.5 Å². The maximum Gasteiger partial charge on any atom is 0.162 e. The van der Waals surface area contributed by atoms with Crippen molar-refractivity contribution in [1.29, 1.82) is 0 Å². The summed E-state index contributed by atoms with van der Waals surface area (Å²) in [7, 11) is 1.61. The maximum absolute atomic E-state index is 10.7. The summed E-state index contributed by atoms with van der Waals surface area (Å²) in [5, 5.41) is 15.1. The van der Waals surface area contributed by atoms with Gasteiger partial charge < -0.3 is 14.6 Å². The predicted molar refractivity (Wildman–Crippen MR) is 72.3 cm³/mol. The van der Waals surface area contributed by atoms with Crippen molar-refractivity contribution in [2.45, 2.75) is 51.9 Å². The Bertz CT molecular complexity index is 417. The van der Waals surface area contributed by atoms with E-state index in [4.69, 9.17) is 9.47 Å². The number of rotatable bonds is 5. The van der Waals surface area contributed by atoms with E-state index >= 15 is 0 Å². The summed E-state index contributed by atoms with van der Waals surface area (Å²) in [5.41, 5.74) is 0.770. The summed E-state index contributed by atoms with van der Waals surface area (Å²) in [5.74, 6) is 0.774. The normalized spacial score (nSPS) is 24.9. The Kier molecular flexibility index (Phi) is 4.47. The molecule has 1 fully saturated rings. The summed E-state index contributed by atoms with van der Waals surface area (Å²) in [6.45, 7) is 6.90. The first-order valence-corrected chi connectivity index (χ1v) is 7.01. The zero-order valence-electron chi connectivity index (χ0n) is 12.2. The summed E-state index contributed by atoms with van der Waals surface area (Å²) < 4.78 is 12.9. The quantitative estimate of drug-likeness (QED) is 0.890. The number of aliphatic hydroxyl groups is 1. The van der Waals surface area contributed by atoms with Gasteiger partial charge in [0.2, 0.25) is 0 Å². The lowest BCUT2D eigenvalue weighted by Gasteiger charge is -2.25. The molecule has 0 aromatic carbocycles. The first kappa shape index (κ1) is 14.3. The second-order valence-electron chi connectivity index (χ2n) is 5.35. The fourth-order valence-electron chi connectivity index (χ4n) is 2.86. The van der Waals surface area contributed by atoms with E-state index in [1.165, 1.54) is 0 Å². The average Bonchev–Trinajstić information content (AvgIpc) is 3.03. The highest BCUT2D eigenvalue weighted by Crippen LogP contribution is 2.38. The van der Waals surface area contributed by atoms with Crippen LogP contribution in [0.1, 0.15) is 51.5 Å². The molecule has 0 saturated carbocycles. The van der Waals surface area contributed by atoms with Gasteiger partial charge in [0, 0.05) is 18.6 Å². The van der Waals surface area contributed by atoms with E-state index in [0.29, 0.717) is 5.75 Å². The van der Waals surface area contributed by atoms with Crippen LogP contribution >= 0.6 is 0 Å². The third-order valence-electron chi connectivity index (χ3n) is 3.86. The largest absolute Gasteiger partial charge is 0.493 e. The van der Waals surface area contributed by atoms with Gasteiger partial charge >= 0.3 is 0 Å². The molecule has 1 aromatic heterocycles. The standard InChI is InChI=1S/C14H24N2O3/c1-5-11-10(6-7-19-11)14(17)13-12(18-4)8-15-16(13)9(2)3/h8-11,14,17H,5-7H2,1-4H3. The molecule has 1 saturated heterocycles. The summed E-state index contributed by atoms with van der Waals surface area (Å²) in [6.07, 6.45) is 3.00. The van der Waals surface area contributed by atoms with E-state index < -0.39 is 6.10 Å². The molecule has 3 atom stereocenters. The van der Waals surface area contributed by atoms with Crippen LogP contribution in [0.2, 0.25) is 0 Å². The van der Waals surface area contributed by atoms with Crippen LogP contribution in [0.5, 0.6) is 5.75 Å². The van der Waals surface area contributed by atoms with Gasteiger partial charge in [0.1, 0.15) is 11.8 Å². The lowest BCUT2D eigenvalue weighted by molar-refractivity contribution is 0.0253. The lowest BCUT2D eigenvalue weighted by Crippen LogP contribution is -2.25. The predicted octanol–water partition coefficient (Wildman–Crippen LogP) is 2.32. The van der Waals surface area contributed by atoms with Gasteiger partial charge in [0.25, 0.3) is 0 Å². The Balaban J connectivity index is 2.31. The molecule has 0 spiro atoms. The molecule has 0 aliphatic carbocycles. The van der Waals surface area contributed by atoms with Crippen LogP contribution in [0, 0.1) is 5.92 Å². The summed E-state index contributed by atoms with van der Waals surface area (Å²) in [6, 6.07) is 0.191. The van der Waals surface area contributed by atoms with Crippen LogP contribution < -0.4 is 4.74 Å². The maximum atomic E-state index is 10.7. The molecule has 0 radical (unpaired) electrons.